The average Bonchev–Trinajstić information content (AvgIpc) is 2.19. The van der Waals surface area contributed by atoms with E-state index in [0.717, 1.165) is 0 Å². The summed E-state index contributed by atoms with van der Waals surface area (Å²) in [7, 11) is -2.48. The number of nitrogens with two attached hydrogens (primary N) is 1. The van der Waals surface area contributed by atoms with Crippen molar-refractivity contribution >= 4 is 20.2 Å². The van der Waals surface area contributed by atoms with Crippen molar-refractivity contribution in [1.29, 1.82) is 0 Å². The minimum Gasteiger partial charge on any atom is -0.458 e. The van der Waals surface area contributed by atoms with Crippen molar-refractivity contribution in [3.05, 3.63) is 0 Å². The number of rotatable bonds is 4. The normalized spacial score (nSPS) is 9.62. The predicted molar refractivity (Wildman–Crippen MR) is 53.2 cm³/mol. The van der Waals surface area contributed by atoms with Crippen LogP contribution in [0.5, 0.6) is 0 Å². The van der Waals surface area contributed by atoms with E-state index >= 15 is 0 Å². The molecule has 1 unspecified atom stereocenters. The van der Waals surface area contributed by atoms with Gasteiger partial charge in [-0.15, -0.1) is 9.42 Å². The van der Waals surface area contributed by atoms with E-state index in [9.17, 15) is 14.2 Å². The Balaban J connectivity index is 0. The second kappa shape index (κ2) is 12.0. The molecule has 0 aromatic heterocycles. The smallest absolute Gasteiger partial charge is 0.458 e. The zero-order chi connectivity index (χ0) is 13.0. The van der Waals surface area contributed by atoms with Gasteiger partial charge in [-0.1, -0.05) is 0 Å². The van der Waals surface area contributed by atoms with Gasteiger partial charge in [0.15, 0.2) is 6.73 Å². The molecule has 3 N–H and O–H groups in total. The molecular formula is C7H15NO7P+. The summed E-state index contributed by atoms with van der Waals surface area (Å²) in [4.78, 5) is 28.6. The summed E-state index contributed by atoms with van der Waals surface area (Å²) >= 11 is 0. The molecular weight excluding hydrogens is 241 g/mol. The first kappa shape index (κ1) is 17.3. The van der Waals surface area contributed by atoms with Gasteiger partial charge in [-0.3, -0.25) is 0 Å². The van der Waals surface area contributed by atoms with Gasteiger partial charge in [0.2, 0.25) is 0 Å². The van der Waals surface area contributed by atoms with E-state index in [1.807, 2.05) is 0 Å². The molecule has 0 aliphatic heterocycles. The van der Waals surface area contributed by atoms with E-state index in [2.05, 4.69) is 19.7 Å². The Morgan fingerprint density at radius 1 is 1.19 bits per heavy atom. The van der Waals surface area contributed by atoms with Crippen molar-refractivity contribution in [3.8, 4) is 0 Å². The van der Waals surface area contributed by atoms with Crippen LogP contribution in [0, 0.1) is 0 Å². The molecule has 0 aromatic carbocycles. The maximum absolute atomic E-state index is 10.4. The molecule has 0 amide bonds. The minimum atomic E-state index is -2.48. The number of esters is 2. The van der Waals surface area contributed by atoms with Crippen LogP contribution in [0.2, 0.25) is 0 Å². The standard InChI is InChI=1S/C6H10O4.CH4NO3P/c1-3-9-5(7)6(8)10-4-2;2-1-5-6(3)4/h3-4H2,1-2H3;1-2H2/p+1. The van der Waals surface area contributed by atoms with Crippen molar-refractivity contribution in [3.63, 3.8) is 0 Å². The van der Waals surface area contributed by atoms with Gasteiger partial charge < -0.3 is 15.2 Å². The average molecular weight is 256 g/mol. The van der Waals surface area contributed by atoms with E-state index in [1.165, 1.54) is 0 Å². The van der Waals surface area contributed by atoms with Gasteiger partial charge in [-0.25, -0.2) is 9.59 Å². The van der Waals surface area contributed by atoms with Crippen molar-refractivity contribution in [2.75, 3.05) is 19.9 Å². The molecule has 0 heterocycles. The largest absolute Gasteiger partial charge is 0.696 e. The van der Waals surface area contributed by atoms with Crippen LogP contribution in [0.1, 0.15) is 13.8 Å². The maximum atomic E-state index is 10.4. The summed E-state index contributed by atoms with van der Waals surface area (Å²) in [5.74, 6) is -1.85. The summed E-state index contributed by atoms with van der Waals surface area (Å²) in [5.41, 5.74) is 4.66. The quantitative estimate of drug-likeness (QED) is 0.303. The molecule has 0 bridgehead atoms. The molecule has 8 nitrogen and oxygen atoms in total. The van der Waals surface area contributed by atoms with Crippen LogP contribution in [0.4, 0.5) is 0 Å². The van der Waals surface area contributed by atoms with Crippen molar-refractivity contribution in [1.82, 2.24) is 0 Å². The molecule has 94 valence electrons. The number of hydrogen-bond acceptors (Lipinski definition) is 7. The summed E-state index contributed by atoms with van der Waals surface area (Å²) in [6.07, 6.45) is 0. The van der Waals surface area contributed by atoms with Gasteiger partial charge in [0, 0.05) is 4.57 Å². The zero-order valence-corrected chi connectivity index (χ0v) is 9.94. The SMILES string of the molecule is CCOC(=O)C(=O)OCC.NCO[P+](=O)O. The Kier molecular flexibility index (Phi) is 13.0. The lowest BCUT2D eigenvalue weighted by atomic mass is 10.7. The monoisotopic (exact) mass is 256 g/mol. The first-order valence-corrected chi connectivity index (χ1v) is 5.45. The highest BCUT2D eigenvalue weighted by Gasteiger charge is 2.14. The van der Waals surface area contributed by atoms with E-state index in [4.69, 9.17) is 4.89 Å². The third-order valence-corrected chi connectivity index (χ3v) is 1.27. The number of ether oxygens (including phenoxy) is 2. The maximum Gasteiger partial charge on any atom is 0.696 e. The summed E-state index contributed by atoms with van der Waals surface area (Å²) in [6, 6.07) is 0. The van der Waals surface area contributed by atoms with Crippen LogP contribution < -0.4 is 5.73 Å². The van der Waals surface area contributed by atoms with E-state index < -0.39 is 20.2 Å². The van der Waals surface area contributed by atoms with Crippen LogP contribution in [0.15, 0.2) is 0 Å². The first-order valence-electron chi connectivity index (χ1n) is 4.32. The fourth-order valence-corrected chi connectivity index (χ4v) is 0.571. The van der Waals surface area contributed by atoms with E-state index in [1.54, 1.807) is 13.8 Å². The van der Waals surface area contributed by atoms with Gasteiger partial charge >= 0.3 is 20.2 Å². The zero-order valence-electron chi connectivity index (χ0n) is 9.04. The van der Waals surface area contributed by atoms with Gasteiger partial charge in [-0.05, 0) is 13.8 Å². The summed E-state index contributed by atoms with van der Waals surface area (Å²) < 4.78 is 22.0. The molecule has 0 aliphatic rings. The fourth-order valence-electron chi connectivity index (χ4n) is 0.444. The molecule has 0 fully saturated rings. The Hall–Kier alpha value is -1.08. The highest BCUT2D eigenvalue weighted by Crippen LogP contribution is 2.11. The Labute approximate surface area is 93.6 Å². The highest BCUT2D eigenvalue weighted by atomic mass is 31.1. The molecule has 0 aromatic rings. The lowest BCUT2D eigenvalue weighted by Crippen LogP contribution is -2.19. The van der Waals surface area contributed by atoms with Crippen molar-refractivity contribution in [2.45, 2.75) is 13.8 Å². The molecule has 0 aliphatic carbocycles. The predicted octanol–water partition coefficient (Wildman–Crippen LogP) is -0.319. The molecule has 9 heteroatoms. The van der Waals surface area contributed by atoms with Crippen LogP contribution in [0.25, 0.3) is 0 Å². The summed E-state index contributed by atoms with van der Waals surface area (Å²) in [6.45, 7) is 3.43. The number of hydrogen-bond donors (Lipinski definition) is 2. The second-order valence-electron chi connectivity index (χ2n) is 1.97. The Morgan fingerprint density at radius 2 is 1.56 bits per heavy atom. The fraction of sp³-hybridized carbons (Fsp3) is 0.714. The van der Waals surface area contributed by atoms with Gasteiger partial charge in [-0.2, -0.15) is 0 Å². The van der Waals surface area contributed by atoms with Crippen molar-refractivity contribution < 1.29 is 33.0 Å². The lowest BCUT2D eigenvalue weighted by molar-refractivity contribution is -0.167. The Bertz CT molecular complexity index is 217. The van der Waals surface area contributed by atoms with E-state index in [-0.39, 0.29) is 19.9 Å². The third kappa shape index (κ3) is 12.9. The van der Waals surface area contributed by atoms with Crippen LogP contribution in [0.3, 0.4) is 0 Å². The Morgan fingerprint density at radius 3 is 1.69 bits per heavy atom. The van der Waals surface area contributed by atoms with Crippen LogP contribution >= 0.6 is 8.25 Å². The van der Waals surface area contributed by atoms with Gasteiger partial charge in [0.05, 0.1) is 13.2 Å². The van der Waals surface area contributed by atoms with Gasteiger partial charge in [0.25, 0.3) is 0 Å². The number of carbonyl (C=O) groups is 2. The second-order valence-corrected chi connectivity index (χ2v) is 2.71. The van der Waals surface area contributed by atoms with Gasteiger partial charge in [0.1, 0.15) is 0 Å². The molecule has 0 rings (SSSR count). The lowest BCUT2D eigenvalue weighted by Gasteiger charge is -1.99. The van der Waals surface area contributed by atoms with Crippen molar-refractivity contribution in [2.24, 2.45) is 5.73 Å². The minimum absolute atomic E-state index is 0.192. The molecule has 0 saturated carbocycles. The highest BCUT2D eigenvalue weighted by molar-refractivity contribution is 7.32. The molecule has 0 spiro atoms. The molecule has 0 saturated heterocycles. The third-order valence-electron chi connectivity index (χ3n) is 0.903. The summed E-state index contributed by atoms with van der Waals surface area (Å²) in [5, 5.41) is 0. The topological polar surface area (TPSA) is 125 Å². The molecule has 0 radical (unpaired) electrons. The molecule has 1 atom stereocenters. The van der Waals surface area contributed by atoms with Crippen LogP contribution in [-0.2, 0) is 28.2 Å². The molecule has 16 heavy (non-hydrogen) atoms. The van der Waals surface area contributed by atoms with Crippen LogP contribution in [-0.4, -0.2) is 36.8 Å². The van der Waals surface area contributed by atoms with E-state index in [0.29, 0.717) is 0 Å². The first-order chi connectivity index (χ1) is 7.49. The number of carbonyl (C=O) groups excluding carboxylic acids is 2.